The van der Waals surface area contributed by atoms with Crippen LogP contribution in [0, 0.1) is 0 Å². The van der Waals surface area contributed by atoms with Crippen LogP contribution in [0.5, 0.6) is 0 Å². The van der Waals surface area contributed by atoms with Crippen LogP contribution in [0.4, 0.5) is 5.69 Å². The summed E-state index contributed by atoms with van der Waals surface area (Å²) < 4.78 is 3.43. The van der Waals surface area contributed by atoms with E-state index in [2.05, 4.69) is 10.6 Å². The quantitative estimate of drug-likeness (QED) is 0.616. The molecule has 0 radical (unpaired) electrons. The first-order chi connectivity index (χ1) is 14.0. The lowest BCUT2D eigenvalue weighted by atomic mass is 10.2. The molecule has 7 nitrogen and oxygen atoms in total. The normalized spacial score (nSPS) is 10.8. The van der Waals surface area contributed by atoms with Crippen molar-refractivity contribution in [3.8, 4) is 0 Å². The Hall–Kier alpha value is -3.35. The Morgan fingerprint density at radius 2 is 1.66 bits per heavy atom. The number of anilines is 1. The van der Waals surface area contributed by atoms with E-state index in [1.165, 1.54) is 6.92 Å². The number of hydrogen-bond acceptors (Lipinski definition) is 3. The van der Waals surface area contributed by atoms with Gasteiger partial charge in [0.1, 0.15) is 0 Å². The molecule has 29 heavy (non-hydrogen) atoms. The molecule has 152 valence electrons. The van der Waals surface area contributed by atoms with Crippen molar-refractivity contribution in [2.75, 3.05) is 5.32 Å². The highest BCUT2D eigenvalue weighted by Gasteiger charge is 2.13. The smallest absolute Gasteiger partial charge is 0.329 e. The second-order valence-corrected chi connectivity index (χ2v) is 6.98. The second-order valence-electron chi connectivity index (χ2n) is 6.98. The Bertz CT molecular complexity index is 1080. The van der Waals surface area contributed by atoms with Gasteiger partial charge in [-0.05, 0) is 36.2 Å². The summed E-state index contributed by atoms with van der Waals surface area (Å²) in [6.07, 6.45) is 1.08. The Kier molecular flexibility index (Phi) is 6.49. The average molecular weight is 394 g/mol. The summed E-state index contributed by atoms with van der Waals surface area (Å²) in [5.74, 6) is -0.270. The van der Waals surface area contributed by atoms with Gasteiger partial charge in [-0.3, -0.25) is 18.7 Å². The first-order valence-corrected chi connectivity index (χ1v) is 9.81. The van der Waals surface area contributed by atoms with E-state index in [0.717, 1.165) is 23.0 Å². The zero-order valence-corrected chi connectivity index (χ0v) is 16.8. The standard InChI is InChI=1S/C22H26N4O3/c1-3-12-25-19-9-4-5-10-20(19)26(22(25)29)13-11-21(28)23-15-17-7-6-8-18(14-17)24-16(2)27/h4-10,14H,3,11-13,15H2,1-2H3,(H,23,28)(H,24,27). The van der Waals surface area contributed by atoms with Gasteiger partial charge >= 0.3 is 5.69 Å². The molecule has 3 aromatic rings. The molecule has 0 atom stereocenters. The molecule has 0 aliphatic carbocycles. The average Bonchev–Trinajstić information content (AvgIpc) is 2.96. The van der Waals surface area contributed by atoms with Crippen LogP contribution >= 0.6 is 0 Å². The fourth-order valence-electron chi connectivity index (χ4n) is 3.39. The summed E-state index contributed by atoms with van der Waals surface area (Å²) in [5.41, 5.74) is 3.25. The van der Waals surface area contributed by atoms with Crippen LogP contribution in [0.15, 0.2) is 53.3 Å². The van der Waals surface area contributed by atoms with Crippen molar-refractivity contribution in [1.82, 2.24) is 14.5 Å². The van der Waals surface area contributed by atoms with E-state index >= 15 is 0 Å². The Morgan fingerprint density at radius 1 is 0.966 bits per heavy atom. The molecule has 0 saturated carbocycles. The van der Waals surface area contributed by atoms with Crippen molar-refractivity contribution in [2.45, 2.75) is 46.3 Å². The molecule has 0 spiro atoms. The van der Waals surface area contributed by atoms with E-state index in [1.807, 2.05) is 49.4 Å². The van der Waals surface area contributed by atoms with Gasteiger partial charge < -0.3 is 10.6 Å². The minimum atomic E-state index is -0.140. The number of aromatic nitrogens is 2. The maximum atomic E-state index is 12.8. The molecule has 0 bridgehead atoms. The predicted octanol–water partition coefficient (Wildman–Crippen LogP) is 2.88. The molecule has 0 saturated heterocycles. The number of aryl methyl sites for hydroxylation is 2. The number of benzene rings is 2. The van der Waals surface area contributed by atoms with Crippen LogP contribution in [0.25, 0.3) is 11.0 Å². The fourth-order valence-corrected chi connectivity index (χ4v) is 3.39. The lowest BCUT2D eigenvalue weighted by molar-refractivity contribution is -0.121. The zero-order chi connectivity index (χ0) is 20.8. The van der Waals surface area contributed by atoms with Gasteiger partial charge in [0.15, 0.2) is 0 Å². The Labute approximate surface area is 169 Å². The maximum Gasteiger partial charge on any atom is 0.329 e. The van der Waals surface area contributed by atoms with Crippen LogP contribution in [-0.4, -0.2) is 20.9 Å². The summed E-state index contributed by atoms with van der Waals surface area (Å²) in [4.78, 5) is 36.2. The van der Waals surface area contributed by atoms with Crippen LogP contribution in [0.3, 0.4) is 0 Å². The number of fused-ring (bicyclic) bond motifs is 1. The van der Waals surface area contributed by atoms with Gasteiger partial charge in [0, 0.05) is 38.7 Å². The second kappa shape index (κ2) is 9.23. The number of carbonyl (C=O) groups excluding carboxylic acids is 2. The van der Waals surface area contributed by atoms with Crippen LogP contribution in [-0.2, 0) is 29.2 Å². The van der Waals surface area contributed by atoms with Crippen LogP contribution in [0.1, 0.15) is 32.3 Å². The third-order valence-corrected chi connectivity index (χ3v) is 4.67. The molecule has 2 aromatic carbocycles. The fraction of sp³-hybridized carbons (Fsp3) is 0.318. The van der Waals surface area contributed by atoms with Gasteiger partial charge in [-0.2, -0.15) is 0 Å². The Morgan fingerprint density at radius 3 is 2.31 bits per heavy atom. The van der Waals surface area contributed by atoms with E-state index in [1.54, 1.807) is 15.2 Å². The number of nitrogens with zero attached hydrogens (tertiary/aromatic N) is 2. The first-order valence-electron chi connectivity index (χ1n) is 9.81. The topological polar surface area (TPSA) is 85.1 Å². The molecule has 3 rings (SSSR count). The monoisotopic (exact) mass is 394 g/mol. The van der Waals surface area contributed by atoms with Crippen LogP contribution < -0.4 is 16.3 Å². The van der Waals surface area contributed by atoms with Crippen molar-refractivity contribution in [3.05, 3.63) is 64.6 Å². The van der Waals surface area contributed by atoms with E-state index in [9.17, 15) is 14.4 Å². The van der Waals surface area contributed by atoms with Crippen molar-refractivity contribution in [2.24, 2.45) is 0 Å². The lowest BCUT2D eigenvalue weighted by Gasteiger charge is -2.08. The van der Waals surface area contributed by atoms with Crippen molar-refractivity contribution in [1.29, 1.82) is 0 Å². The van der Waals surface area contributed by atoms with E-state index in [-0.39, 0.29) is 23.9 Å². The minimum Gasteiger partial charge on any atom is -0.352 e. The number of hydrogen-bond donors (Lipinski definition) is 2. The molecule has 1 heterocycles. The van der Waals surface area contributed by atoms with Gasteiger partial charge in [-0.1, -0.05) is 31.2 Å². The maximum absolute atomic E-state index is 12.8. The molecule has 1 aromatic heterocycles. The van der Waals surface area contributed by atoms with Gasteiger partial charge in [-0.25, -0.2) is 4.79 Å². The number of carbonyl (C=O) groups is 2. The van der Waals surface area contributed by atoms with Crippen LogP contribution in [0.2, 0.25) is 0 Å². The molecule has 0 fully saturated rings. The molecule has 2 N–H and O–H groups in total. The molecule has 2 amide bonds. The first kappa shape index (κ1) is 20.4. The van der Waals surface area contributed by atoms with Gasteiger partial charge in [0.05, 0.1) is 11.0 Å². The molecule has 0 aliphatic rings. The summed E-state index contributed by atoms with van der Waals surface area (Å²) in [6, 6.07) is 15.0. The highest BCUT2D eigenvalue weighted by Crippen LogP contribution is 2.14. The third kappa shape index (κ3) is 4.93. The minimum absolute atomic E-state index is 0.0798. The highest BCUT2D eigenvalue weighted by molar-refractivity contribution is 5.88. The van der Waals surface area contributed by atoms with E-state index < -0.39 is 0 Å². The van der Waals surface area contributed by atoms with Crippen molar-refractivity contribution in [3.63, 3.8) is 0 Å². The number of nitrogens with one attached hydrogen (secondary N) is 2. The summed E-state index contributed by atoms with van der Waals surface area (Å²) in [6.45, 7) is 4.83. The summed E-state index contributed by atoms with van der Waals surface area (Å²) in [7, 11) is 0. The largest absolute Gasteiger partial charge is 0.352 e. The molecular formula is C22H26N4O3. The molecule has 0 unspecified atom stereocenters. The van der Waals surface area contributed by atoms with E-state index in [0.29, 0.717) is 25.3 Å². The number of amides is 2. The predicted molar refractivity (Wildman–Crippen MR) is 114 cm³/mol. The van der Waals surface area contributed by atoms with E-state index in [4.69, 9.17) is 0 Å². The number of rotatable bonds is 8. The Balaban J connectivity index is 1.64. The number of para-hydroxylation sites is 2. The van der Waals surface area contributed by atoms with Crippen molar-refractivity contribution >= 4 is 28.5 Å². The molecule has 0 aliphatic heterocycles. The van der Waals surface area contributed by atoms with Gasteiger partial charge in [-0.15, -0.1) is 0 Å². The summed E-state index contributed by atoms with van der Waals surface area (Å²) in [5, 5.41) is 5.60. The molecular weight excluding hydrogens is 368 g/mol. The zero-order valence-electron chi connectivity index (χ0n) is 16.8. The number of imidazole rings is 1. The third-order valence-electron chi connectivity index (χ3n) is 4.67. The highest BCUT2D eigenvalue weighted by atomic mass is 16.2. The SMILES string of the molecule is CCCn1c(=O)n(CCC(=O)NCc2cccc(NC(C)=O)c2)c2ccccc21. The van der Waals surface area contributed by atoms with Crippen molar-refractivity contribution < 1.29 is 9.59 Å². The van der Waals surface area contributed by atoms with Gasteiger partial charge in [0.2, 0.25) is 11.8 Å². The summed E-state index contributed by atoms with van der Waals surface area (Å²) >= 11 is 0. The molecule has 7 heteroatoms. The lowest BCUT2D eigenvalue weighted by Crippen LogP contribution is -2.28. The van der Waals surface area contributed by atoms with Gasteiger partial charge in [0.25, 0.3) is 0 Å².